The molecule has 1 amide bonds. The van der Waals surface area contributed by atoms with Crippen molar-refractivity contribution in [1.82, 2.24) is 9.47 Å². The van der Waals surface area contributed by atoms with Crippen LogP contribution in [0.25, 0.3) is 0 Å². The lowest BCUT2D eigenvalue weighted by Crippen LogP contribution is -2.35. The number of hydrogen-bond acceptors (Lipinski definition) is 3. The number of carboxylic acid groups (broad SMARTS) is 1. The molecule has 3 rings (SSSR count). The van der Waals surface area contributed by atoms with E-state index in [2.05, 4.69) is 5.32 Å². The molecular formula is C16H17N3O3. The molecule has 0 unspecified atom stereocenters. The van der Waals surface area contributed by atoms with Gasteiger partial charge in [-0.15, -0.1) is 0 Å². The van der Waals surface area contributed by atoms with Crippen molar-refractivity contribution in [3.8, 4) is 0 Å². The number of aromatic nitrogens is 1. The maximum Gasteiger partial charge on any atom is 0.407 e. The number of benzene rings is 1. The second-order valence-electron chi connectivity index (χ2n) is 5.39. The van der Waals surface area contributed by atoms with Gasteiger partial charge in [0.05, 0.1) is 12.2 Å². The second-order valence-corrected chi connectivity index (χ2v) is 5.39. The molecule has 0 atom stereocenters. The van der Waals surface area contributed by atoms with Crippen molar-refractivity contribution < 1.29 is 9.90 Å². The van der Waals surface area contributed by atoms with E-state index in [9.17, 15) is 14.7 Å². The van der Waals surface area contributed by atoms with E-state index in [0.717, 1.165) is 22.5 Å². The first-order valence-electron chi connectivity index (χ1n) is 7.07. The Balaban J connectivity index is 1.93. The minimum atomic E-state index is -0.900. The number of pyridine rings is 1. The average molecular weight is 299 g/mol. The van der Waals surface area contributed by atoms with Gasteiger partial charge < -0.3 is 19.9 Å². The van der Waals surface area contributed by atoms with E-state index in [1.165, 1.54) is 15.5 Å². The van der Waals surface area contributed by atoms with E-state index in [1.54, 1.807) is 19.3 Å². The summed E-state index contributed by atoms with van der Waals surface area (Å²) in [7, 11) is 1.69. The molecule has 6 nitrogen and oxygen atoms in total. The van der Waals surface area contributed by atoms with Crippen LogP contribution in [0.5, 0.6) is 0 Å². The van der Waals surface area contributed by atoms with Gasteiger partial charge in [0.2, 0.25) is 5.56 Å². The molecule has 2 heterocycles. The minimum Gasteiger partial charge on any atom is -0.465 e. The number of aryl methyl sites for hydroxylation is 1. The molecule has 0 spiro atoms. The van der Waals surface area contributed by atoms with Crippen molar-refractivity contribution in [2.24, 2.45) is 7.05 Å². The minimum absolute atomic E-state index is 0.0716. The highest BCUT2D eigenvalue weighted by Crippen LogP contribution is 2.28. The smallest absolute Gasteiger partial charge is 0.407 e. The van der Waals surface area contributed by atoms with Gasteiger partial charge >= 0.3 is 6.09 Å². The Hall–Kier alpha value is -2.76. The highest BCUT2D eigenvalue weighted by atomic mass is 16.4. The summed E-state index contributed by atoms with van der Waals surface area (Å²) in [6.07, 6.45) is 1.53. The van der Waals surface area contributed by atoms with Crippen LogP contribution in [0.4, 0.5) is 16.2 Å². The number of nitrogens with zero attached hydrogens (tertiary/aromatic N) is 2. The van der Waals surface area contributed by atoms with E-state index < -0.39 is 6.09 Å². The summed E-state index contributed by atoms with van der Waals surface area (Å²) in [5.74, 6) is 0. The van der Waals surface area contributed by atoms with Gasteiger partial charge in [0.1, 0.15) is 0 Å². The molecule has 22 heavy (non-hydrogen) atoms. The van der Waals surface area contributed by atoms with Crippen molar-refractivity contribution >= 4 is 17.5 Å². The van der Waals surface area contributed by atoms with Gasteiger partial charge in [0.25, 0.3) is 0 Å². The zero-order valence-electron chi connectivity index (χ0n) is 12.2. The van der Waals surface area contributed by atoms with Crippen LogP contribution < -0.4 is 10.9 Å². The summed E-state index contributed by atoms with van der Waals surface area (Å²) in [5, 5.41) is 12.5. The third-order valence-corrected chi connectivity index (χ3v) is 3.91. The maximum absolute atomic E-state index is 11.4. The number of carbonyl (C=O) groups is 1. The van der Waals surface area contributed by atoms with Gasteiger partial charge in [-0.1, -0.05) is 12.1 Å². The first-order valence-corrected chi connectivity index (χ1v) is 7.07. The predicted octanol–water partition coefficient (Wildman–Crippen LogP) is 2.17. The fraction of sp³-hybridized carbons (Fsp3) is 0.250. The molecule has 1 aliphatic heterocycles. The molecule has 0 aliphatic carbocycles. The molecule has 0 bridgehead atoms. The Morgan fingerprint density at radius 3 is 2.82 bits per heavy atom. The van der Waals surface area contributed by atoms with Crippen LogP contribution in [-0.2, 0) is 20.0 Å². The molecule has 2 N–H and O–H groups in total. The molecule has 0 radical (unpaired) electrons. The molecule has 6 heteroatoms. The van der Waals surface area contributed by atoms with Gasteiger partial charge in [-0.2, -0.15) is 0 Å². The van der Waals surface area contributed by atoms with Crippen LogP contribution >= 0.6 is 0 Å². The highest BCUT2D eigenvalue weighted by molar-refractivity contribution is 5.69. The van der Waals surface area contributed by atoms with Crippen molar-refractivity contribution in [3.63, 3.8) is 0 Å². The number of fused-ring (bicyclic) bond motifs is 1. The first-order chi connectivity index (χ1) is 10.5. The lowest BCUT2D eigenvalue weighted by Gasteiger charge is -2.28. The number of hydrogen-bond donors (Lipinski definition) is 2. The molecular weight excluding hydrogens is 282 g/mol. The Morgan fingerprint density at radius 1 is 1.27 bits per heavy atom. The van der Waals surface area contributed by atoms with Crippen molar-refractivity contribution in [2.75, 3.05) is 11.9 Å². The van der Waals surface area contributed by atoms with Gasteiger partial charge in [-0.3, -0.25) is 4.79 Å². The van der Waals surface area contributed by atoms with E-state index in [0.29, 0.717) is 19.5 Å². The summed E-state index contributed by atoms with van der Waals surface area (Å²) in [6, 6.07) is 9.14. The molecule has 2 aromatic rings. The third-order valence-electron chi connectivity index (χ3n) is 3.91. The maximum atomic E-state index is 11.4. The number of rotatable bonds is 2. The van der Waals surface area contributed by atoms with Gasteiger partial charge in [-0.25, -0.2) is 4.79 Å². The Kier molecular flexibility index (Phi) is 3.58. The normalized spacial score (nSPS) is 13.6. The van der Waals surface area contributed by atoms with Crippen LogP contribution in [0.3, 0.4) is 0 Å². The lowest BCUT2D eigenvalue weighted by atomic mass is 9.98. The SMILES string of the molecule is Cn1cc(Nc2cccc3c2CN(C(=O)O)CC3)ccc1=O. The summed E-state index contributed by atoms with van der Waals surface area (Å²) in [4.78, 5) is 24.0. The van der Waals surface area contributed by atoms with Gasteiger partial charge in [-0.05, 0) is 29.7 Å². The standard InChI is InChI=1S/C16H17N3O3/c1-18-9-12(5-6-15(18)20)17-14-4-2-3-11-7-8-19(16(21)22)10-13(11)14/h2-6,9,17H,7-8,10H2,1H3,(H,21,22). The van der Waals surface area contributed by atoms with Crippen molar-refractivity contribution in [2.45, 2.75) is 13.0 Å². The molecule has 0 saturated carbocycles. The molecule has 1 aromatic heterocycles. The highest BCUT2D eigenvalue weighted by Gasteiger charge is 2.22. The van der Waals surface area contributed by atoms with Gasteiger partial charge in [0.15, 0.2) is 0 Å². The van der Waals surface area contributed by atoms with Crippen LogP contribution in [0, 0.1) is 0 Å². The van der Waals surface area contributed by atoms with Crippen molar-refractivity contribution in [3.05, 3.63) is 58.0 Å². The summed E-state index contributed by atoms with van der Waals surface area (Å²) < 4.78 is 1.50. The van der Waals surface area contributed by atoms with E-state index in [4.69, 9.17) is 0 Å². The van der Waals surface area contributed by atoms with Gasteiger partial charge in [0, 0.05) is 31.5 Å². The Morgan fingerprint density at radius 2 is 2.09 bits per heavy atom. The lowest BCUT2D eigenvalue weighted by molar-refractivity contribution is 0.140. The monoisotopic (exact) mass is 299 g/mol. The summed E-state index contributed by atoms with van der Waals surface area (Å²) >= 11 is 0. The van der Waals surface area contributed by atoms with Crippen LogP contribution in [0.1, 0.15) is 11.1 Å². The molecule has 114 valence electrons. The molecule has 1 aromatic carbocycles. The van der Waals surface area contributed by atoms with Crippen LogP contribution in [0.15, 0.2) is 41.3 Å². The average Bonchev–Trinajstić information content (AvgIpc) is 2.51. The molecule has 0 fully saturated rings. The first kappa shape index (κ1) is 14.2. The van der Waals surface area contributed by atoms with E-state index in [-0.39, 0.29) is 5.56 Å². The van der Waals surface area contributed by atoms with Crippen molar-refractivity contribution in [1.29, 1.82) is 0 Å². The predicted molar refractivity (Wildman–Crippen MR) is 83.5 cm³/mol. The van der Waals surface area contributed by atoms with Crippen LogP contribution in [-0.4, -0.2) is 27.2 Å². The second kappa shape index (κ2) is 5.55. The topological polar surface area (TPSA) is 74.6 Å². The quantitative estimate of drug-likeness (QED) is 0.891. The summed E-state index contributed by atoms with van der Waals surface area (Å²) in [6.45, 7) is 0.894. The fourth-order valence-corrected chi connectivity index (χ4v) is 2.68. The largest absolute Gasteiger partial charge is 0.465 e. The number of amides is 1. The van der Waals surface area contributed by atoms with E-state index >= 15 is 0 Å². The fourth-order valence-electron chi connectivity index (χ4n) is 2.68. The number of nitrogens with one attached hydrogen (secondary N) is 1. The number of anilines is 2. The van der Waals surface area contributed by atoms with E-state index in [1.807, 2.05) is 18.2 Å². The molecule has 1 aliphatic rings. The third kappa shape index (κ3) is 2.67. The van der Waals surface area contributed by atoms with Crippen LogP contribution in [0.2, 0.25) is 0 Å². The zero-order chi connectivity index (χ0) is 15.7. The summed E-state index contributed by atoms with van der Waals surface area (Å²) in [5.41, 5.74) is 3.75. The Labute approximate surface area is 127 Å². The Bertz CT molecular complexity index is 782. The zero-order valence-corrected chi connectivity index (χ0v) is 12.2. The molecule has 0 saturated heterocycles.